The molecule has 138 valence electrons. The molecule has 0 saturated carbocycles. The molecular weight excluding hydrogens is 336 g/mol. The van der Waals surface area contributed by atoms with Gasteiger partial charge >= 0.3 is 0 Å². The first-order chi connectivity index (χ1) is 12.4. The molecule has 9 nitrogen and oxygen atoms in total. The van der Waals surface area contributed by atoms with E-state index in [2.05, 4.69) is 20.6 Å². The summed E-state index contributed by atoms with van der Waals surface area (Å²) in [5.41, 5.74) is 11.4. The fraction of sp³-hybridized carbons (Fsp3) is 0.294. The standard InChI is InChI=1S/C17H22N6O3/c1-10(6-7-14(18)24)21-17-20-9-13(15(19)25)16(23-17)22-11-4-3-5-12(8-11)26-2/h3-5,8-10H,6-7H2,1-2H3,(H2,18,24)(H2,19,25)(H2,20,21,22,23). The highest BCUT2D eigenvalue weighted by Crippen LogP contribution is 2.23. The van der Waals surface area contributed by atoms with Crippen LogP contribution in [0, 0.1) is 0 Å². The molecule has 1 heterocycles. The number of nitrogens with zero attached hydrogens (tertiary/aromatic N) is 2. The second kappa shape index (κ2) is 8.65. The van der Waals surface area contributed by atoms with Crippen molar-refractivity contribution in [2.45, 2.75) is 25.8 Å². The summed E-state index contributed by atoms with van der Waals surface area (Å²) in [6.45, 7) is 1.88. The van der Waals surface area contributed by atoms with Gasteiger partial charge in [-0.2, -0.15) is 4.98 Å². The van der Waals surface area contributed by atoms with E-state index >= 15 is 0 Å². The first kappa shape index (κ1) is 19.0. The number of hydrogen-bond acceptors (Lipinski definition) is 7. The van der Waals surface area contributed by atoms with Crippen molar-refractivity contribution >= 4 is 29.3 Å². The maximum Gasteiger partial charge on any atom is 0.254 e. The van der Waals surface area contributed by atoms with Gasteiger partial charge in [0, 0.05) is 30.4 Å². The fourth-order valence-corrected chi connectivity index (χ4v) is 2.22. The predicted molar refractivity (Wildman–Crippen MR) is 98.3 cm³/mol. The number of hydrogen-bond donors (Lipinski definition) is 4. The van der Waals surface area contributed by atoms with Crippen molar-refractivity contribution in [2.24, 2.45) is 11.5 Å². The van der Waals surface area contributed by atoms with Gasteiger partial charge in [-0.1, -0.05) is 6.07 Å². The molecule has 0 fully saturated rings. The molecular formula is C17H22N6O3. The van der Waals surface area contributed by atoms with Crippen LogP contribution in [0.4, 0.5) is 17.5 Å². The Bertz CT molecular complexity index is 796. The fourth-order valence-electron chi connectivity index (χ4n) is 2.22. The molecule has 0 saturated heterocycles. The zero-order chi connectivity index (χ0) is 19.1. The molecule has 0 aliphatic carbocycles. The Kier molecular flexibility index (Phi) is 6.31. The van der Waals surface area contributed by atoms with E-state index in [9.17, 15) is 9.59 Å². The van der Waals surface area contributed by atoms with E-state index in [-0.39, 0.29) is 29.8 Å². The molecule has 0 bridgehead atoms. The van der Waals surface area contributed by atoms with Gasteiger partial charge in [-0.15, -0.1) is 0 Å². The van der Waals surface area contributed by atoms with E-state index < -0.39 is 5.91 Å². The summed E-state index contributed by atoms with van der Waals surface area (Å²) in [4.78, 5) is 30.9. The minimum Gasteiger partial charge on any atom is -0.497 e. The van der Waals surface area contributed by atoms with Gasteiger partial charge in [0.1, 0.15) is 17.1 Å². The van der Waals surface area contributed by atoms with Crippen molar-refractivity contribution in [3.63, 3.8) is 0 Å². The summed E-state index contributed by atoms with van der Waals surface area (Å²) in [5, 5.41) is 6.11. The highest BCUT2D eigenvalue weighted by Gasteiger charge is 2.14. The number of nitrogens with one attached hydrogen (secondary N) is 2. The average molecular weight is 358 g/mol. The zero-order valence-electron chi connectivity index (χ0n) is 14.7. The molecule has 1 atom stereocenters. The van der Waals surface area contributed by atoms with Crippen LogP contribution in [0.1, 0.15) is 30.1 Å². The SMILES string of the molecule is COc1cccc(Nc2nc(NC(C)CCC(N)=O)ncc2C(N)=O)c1. The molecule has 2 aromatic rings. The van der Waals surface area contributed by atoms with E-state index in [0.29, 0.717) is 23.8 Å². The molecule has 1 aromatic carbocycles. The number of carbonyl (C=O) groups excluding carboxylic acids is 2. The molecule has 26 heavy (non-hydrogen) atoms. The first-order valence-corrected chi connectivity index (χ1v) is 8.01. The van der Waals surface area contributed by atoms with E-state index in [0.717, 1.165) is 0 Å². The van der Waals surface area contributed by atoms with Gasteiger partial charge in [0.15, 0.2) is 0 Å². The van der Waals surface area contributed by atoms with Crippen molar-refractivity contribution < 1.29 is 14.3 Å². The summed E-state index contributed by atoms with van der Waals surface area (Å²) < 4.78 is 5.18. The average Bonchev–Trinajstić information content (AvgIpc) is 2.60. The molecule has 2 amide bonds. The van der Waals surface area contributed by atoms with Crippen LogP contribution in [-0.4, -0.2) is 34.9 Å². The number of benzene rings is 1. The molecule has 0 spiro atoms. The van der Waals surface area contributed by atoms with Crippen LogP contribution in [0.3, 0.4) is 0 Å². The van der Waals surface area contributed by atoms with E-state index in [1.165, 1.54) is 6.20 Å². The molecule has 6 N–H and O–H groups in total. The van der Waals surface area contributed by atoms with Gasteiger partial charge in [-0.25, -0.2) is 4.98 Å². The second-order valence-corrected chi connectivity index (χ2v) is 5.73. The second-order valence-electron chi connectivity index (χ2n) is 5.73. The normalized spacial score (nSPS) is 11.5. The minimum absolute atomic E-state index is 0.0772. The van der Waals surface area contributed by atoms with Gasteiger partial charge in [-0.3, -0.25) is 9.59 Å². The smallest absolute Gasteiger partial charge is 0.254 e. The minimum atomic E-state index is -0.649. The molecule has 2 rings (SSSR count). The number of carbonyl (C=O) groups is 2. The van der Waals surface area contributed by atoms with E-state index in [1.54, 1.807) is 31.4 Å². The van der Waals surface area contributed by atoms with Gasteiger partial charge in [0.2, 0.25) is 11.9 Å². The van der Waals surface area contributed by atoms with Crippen LogP contribution in [0.2, 0.25) is 0 Å². The van der Waals surface area contributed by atoms with Crippen molar-refractivity contribution in [1.82, 2.24) is 9.97 Å². The quantitative estimate of drug-likeness (QED) is 0.530. The van der Waals surface area contributed by atoms with Crippen molar-refractivity contribution in [3.05, 3.63) is 36.0 Å². The maximum atomic E-state index is 11.7. The molecule has 0 radical (unpaired) electrons. The monoisotopic (exact) mass is 358 g/mol. The Balaban J connectivity index is 2.22. The molecule has 0 aliphatic heterocycles. The third kappa shape index (κ3) is 5.33. The summed E-state index contributed by atoms with van der Waals surface area (Å²) in [6, 6.07) is 7.09. The topological polar surface area (TPSA) is 145 Å². The number of anilines is 3. The van der Waals surface area contributed by atoms with Crippen LogP contribution in [0.5, 0.6) is 5.75 Å². The van der Waals surface area contributed by atoms with E-state index in [4.69, 9.17) is 16.2 Å². The van der Waals surface area contributed by atoms with Gasteiger partial charge in [0.05, 0.1) is 7.11 Å². The van der Waals surface area contributed by atoms with Gasteiger partial charge in [0.25, 0.3) is 5.91 Å². The van der Waals surface area contributed by atoms with Crippen molar-refractivity contribution in [1.29, 1.82) is 0 Å². The van der Waals surface area contributed by atoms with Crippen LogP contribution in [0.25, 0.3) is 0 Å². The van der Waals surface area contributed by atoms with Crippen LogP contribution >= 0.6 is 0 Å². The Morgan fingerprint density at radius 1 is 1.31 bits per heavy atom. The van der Waals surface area contributed by atoms with E-state index in [1.807, 2.05) is 6.92 Å². The summed E-state index contributed by atoms with van der Waals surface area (Å²) in [6.07, 6.45) is 2.14. The first-order valence-electron chi connectivity index (χ1n) is 8.01. The Labute approximate surface area is 151 Å². The largest absolute Gasteiger partial charge is 0.497 e. The van der Waals surface area contributed by atoms with Crippen molar-refractivity contribution in [2.75, 3.05) is 17.7 Å². The number of amides is 2. The number of ether oxygens (including phenoxy) is 1. The lowest BCUT2D eigenvalue weighted by Crippen LogP contribution is -2.22. The summed E-state index contributed by atoms with van der Waals surface area (Å²) in [7, 11) is 1.56. The Morgan fingerprint density at radius 3 is 2.73 bits per heavy atom. The lowest BCUT2D eigenvalue weighted by Gasteiger charge is -2.15. The lowest BCUT2D eigenvalue weighted by atomic mass is 10.2. The number of primary amides is 2. The third-order valence-electron chi connectivity index (χ3n) is 3.59. The maximum absolute atomic E-state index is 11.7. The number of methoxy groups -OCH3 is 1. The number of nitrogens with two attached hydrogens (primary N) is 2. The highest BCUT2D eigenvalue weighted by molar-refractivity contribution is 5.98. The van der Waals surface area contributed by atoms with Crippen LogP contribution in [-0.2, 0) is 4.79 Å². The van der Waals surface area contributed by atoms with Crippen LogP contribution < -0.4 is 26.8 Å². The van der Waals surface area contributed by atoms with Gasteiger partial charge in [-0.05, 0) is 25.5 Å². The summed E-state index contributed by atoms with van der Waals surface area (Å²) >= 11 is 0. The highest BCUT2D eigenvalue weighted by atomic mass is 16.5. The predicted octanol–water partition coefficient (Wildman–Crippen LogP) is 1.39. The van der Waals surface area contributed by atoms with Gasteiger partial charge < -0.3 is 26.8 Å². The van der Waals surface area contributed by atoms with Crippen LogP contribution in [0.15, 0.2) is 30.5 Å². The molecule has 1 unspecified atom stereocenters. The molecule has 9 heteroatoms. The molecule has 0 aliphatic rings. The lowest BCUT2D eigenvalue weighted by molar-refractivity contribution is -0.118. The number of rotatable bonds is 9. The summed E-state index contributed by atoms with van der Waals surface area (Å²) in [5.74, 6) is 0.207. The van der Waals surface area contributed by atoms with Crippen molar-refractivity contribution in [3.8, 4) is 5.75 Å². The zero-order valence-corrected chi connectivity index (χ0v) is 14.7. The Morgan fingerprint density at radius 2 is 2.08 bits per heavy atom. The molecule has 1 aromatic heterocycles. The third-order valence-corrected chi connectivity index (χ3v) is 3.59. The number of aromatic nitrogens is 2. The Hall–Kier alpha value is -3.36.